The smallest absolute Gasteiger partial charge is 0.252 e. The zero-order chi connectivity index (χ0) is 40.0. The number of aryl methyl sites for hydroxylation is 1. The first kappa shape index (κ1) is 37.2. The van der Waals surface area contributed by atoms with E-state index in [1.54, 1.807) is 0 Å². The van der Waals surface area contributed by atoms with Gasteiger partial charge in [-0.1, -0.05) is 129 Å². The molecule has 0 bridgehead atoms. The van der Waals surface area contributed by atoms with Gasteiger partial charge in [0.1, 0.15) is 0 Å². The van der Waals surface area contributed by atoms with Gasteiger partial charge in [-0.15, -0.1) is 0 Å². The van der Waals surface area contributed by atoms with Crippen LogP contribution in [0, 0.1) is 6.92 Å². The van der Waals surface area contributed by atoms with Crippen molar-refractivity contribution < 1.29 is 9.47 Å². The van der Waals surface area contributed by atoms with Crippen LogP contribution in [0.5, 0.6) is 11.5 Å². The summed E-state index contributed by atoms with van der Waals surface area (Å²) in [7, 11) is 0. The summed E-state index contributed by atoms with van der Waals surface area (Å²) >= 11 is 0. The largest absolute Gasteiger partial charge is 0.490 e. The fraction of sp³-hybridized carbons (Fsp3) is 0.308. The number of hydrogen-bond donors (Lipinski definition) is 0. The molecule has 0 unspecified atom stereocenters. The van der Waals surface area contributed by atoms with Gasteiger partial charge in [-0.2, -0.15) is 0 Å². The summed E-state index contributed by atoms with van der Waals surface area (Å²) in [5.74, 6) is 1.61. The second kappa shape index (κ2) is 13.3. The first-order chi connectivity index (χ1) is 27.1. The summed E-state index contributed by atoms with van der Waals surface area (Å²) in [6, 6.07) is 43.6. The van der Waals surface area contributed by atoms with Crippen molar-refractivity contribution in [1.29, 1.82) is 0 Å². The molecule has 0 saturated carbocycles. The average Bonchev–Trinajstić information content (AvgIpc) is 3.42. The molecule has 6 aromatic carbocycles. The Balaban J connectivity index is 1.39. The van der Waals surface area contributed by atoms with Gasteiger partial charge in [-0.05, 0) is 116 Å². The van der Waals surface area contributed by atoms with E-state index < -0.39 is 0 Å². The maximum atomic E-state index is 6.65. The Hall–Kier alpha value is -5.42. The number of fused-ring (bicyclic) bond motifs is 5. The zero-order valence-corrected chi connectivity index (χ0v) is 35.4. The van der Waals surface area contributed by atoms with Gasteiger partial charge >= 0.3 is 0 Å². The van der Waals surface area contributed by atoms with E-state index in [1.165, 1.54) is 67.1 Å². The van der Waals surface area contributed by atoms with Crippen LogP contribution in [0.4, 0.5) is 34.1 Å². The van der Waals surface area contributed by atoms with Crippen LogP contribution >= 0.6 is 0 Å². The molecule has 288 valence electrons. The maximum Gasteiger partial charge on any atom is 0.252 e. The lowest BCUT2D eigenvalue weighted by molar-refractivity contribution is 0.297. The number of benzene rings is 6. The molecule has 0 spiro atoms. The molecule has 0 saturated heterocycles. The topological polar surface area (TPSA) is 24.9 Å². The number of rotatable bonds is 3. The fourth-order valence-corrected chi connectivity index (χ4v) is 9.02. The lowest BCUT2D eigenvalue weighted by Crippen LogP contribution is -2.61. The normalized spacial score (nSPS) is 14.8. The van der Waals surface area contributed by atoms with Crippen molar-refractivity contribution in [2.75, 3.05) is 23.0 Å². The van der Waals surface area contributed by atoms with Gasteiger partial charge in [-0.3, -0.25) is 0 Å². The molecule has 3 aliphatic rings. The van der Waals surface area contributed by atoms with Crippen LogP contribution in [0.1, 0.15) is 91.0 Å². The van der Waals surface area contributed by atoms with Crippen molar-refractivity contribution in [1.82, 2.24) is 0 Å². The first-order valence-electron chi connectivity index (χ1n) is 20.7. The van der Waals surface area contributed by atoms with E-state index in [9.17, 15) is 0 Å². The lowest BCUT2D eigenvalue weighted by Gasteiger charge is -2.45. The Labute approximate surface area is 340 Å². The van der Waals surface area contributed by atoms with Crippen molar-refractivity contribution in [2.24, 2.45) is 0 Å². The number of ether oxygens (including phenoxy) is 2. The van der Waals surface area contributed by atoms with Crippen LogP contribution in [0.25, 0.3) is 11.1 Å². The van der Waals surface area contributed by atoms with Crippen molar-refractivity contribution in [2.45, 2.75) is 91.9 Å². The molecule has 0 aliphatic carbocycles. The van der Waals surface area contributed by atoms with Crippen LogP contribution in [0.15, 0.2) is 115 Å². The molecule has 9 rings (SSSR count). The fourth-order valence-electron chi connectivity index (χ4n) is 9.02. The predicted molar refractivity (Wildman–Crippen MR) is 242 cm³/mol. The number of nitrogens with zero attached hydrogens (tertiary/aromatic N) is 2. The average molecular weight is 751 g/mol. The highest BCUT2D eigenvalue weighted by Gasteiger charge is 2.45. The third kappa shape index (κ3) is 6.31. The summed E-state index contributed by atoms with van der Waals surface area (Å²) in [5.41, 5.74) is 18.4. The van der Waals surface area contributed by atoms with E-state index >= 15 is 0 Å². The number of anilines is 6. The summed E-state index contributed by atoms with van der Waals surface area (Å²) in [6.07, 6.45) is 0.843. The molecule has 6 aromatic rings. The molecular formula is C52H55BN2O2. The highest BCUT2D eigenvalue weighted by Crippen LogP contribution is 2.52. The molecule has 3 heterocycles. The van der Waals surface area contributed by atoms with E-state index in [0.29, 0.717) is 13.2 Å². The van der Waals surface area contributed by atoms with Gasteiger partial charge in [0.05, 0.1) is 24.5 Å². The maximum absolute atomic E-state index is 6.65. The minimum absolute atomic E-state index is 0.0180. The Morgan fingerprint density at radius 1 is 0.509 bits per heavy atom. The van der Waals surface area contributed by atoms with Gasteiger partial charge < -0.3 is 19.3 Å². The molecule has 0 fully saturated rings. The minimum Gasteiger partial charge on any atom is -0.490 e. The second-order valence-corrected chi connectivity index (χ2v) is 19.4. The monoisotopic (exact) mass is 750 g/mol. The van der Waals surface area contributed by atoms with E-state index in [1.807, 2.05) is 0 Å². The Kier molecular flexibility index (Phi) is 8.70. The van der Waals surface area contributed by atoms with Gasteiger partial charge in [0.2, 0.25) is 0 Å². The molecule has 3 aliphatic heterocycles. The van der Waals surface area contributed by atoms with Crippen molar-refractivity contribution >= 4 is 57.2 Å². The Morgan fingerprint density at radius 2 is 1.04 bits per heavy atom. The first-order valence-corrected chi connectivity index (χ1v) is 20.7. The quantitative estimate of drug-likeness (QED) is 0.168. The Bertz CT molecular complexity index is 2520. The summed E-state index contributed by atoms with van der Waals surface area (Å²) < 4.78 is 13.0. The standard InChI is InChI=1S/C52H55BN2O2/c1-33-29-44-48-45(30-33)55(43-25-26-46-49(57-28-14-27-56-46)47(43)34-15-12-11-13-16-34)42-24-20-37(52(8,9)10)32-40(42)53(48)39-31-36(51(5,6)7)19-23-41(39)54(44)38-21-17-35(18-22-38)50(2,3)4/h11-13,15-26,29-32H,14,27-28H2,1-10H3. The van der Waals surface area contributed by atoms with E-state index in [0.717, 1.165) is 34.7 Å². The van der Waals surface area contributed by atoms with Gasteiger partial charge in [0.25, 0.3) is 6.71 Å². The van der Waals surface area contributed by atoms with Crippen molar-refractivity contribution in [3.05, 3.63) is 138 Å². The van der Waals surface area contributed by atoms with Gasteiger partial charge in [0, 0.05) is 34.9 Å². The second-order valence-electron chi connectivity index (χ2n) is 19.4. The third-order valence-corrected chi connectivity index (χ3v) is 12.1. The lowest BCUT2D eigenvalue weighted by atomic mass is 9.33. The molecule has 57 heavy (non-hydrogen) atoms. The van der Waals surface area contributed by atoms with Crippen molar-refractivity contribution in [3.63, 3.8) is 0 Å². The van der Waals surface area contributed by atoms with Crippen LogP contribution in [0.2, 0.25) is 0 Å². The third-order valence-electron chi connectivity index (χ3n) is 12.1. The highest BCUT2D eigenvalue weighted by atomic mass is 16.5. The van der Waals surface area contributed by atoms with E-state index in [-0.39, 0.29) is 23.0 Å². The van der Waals surface area contributed by atoms with Crippen molar-refractivity contribution in [3.8, 4) is 22.6 Å². The van der Waals surface area contributed by atoms with E-state index in [2.05, 4.69) is 194 Å². The zero-order valence-electron chi connectivity index (χ0n) is 35.4. The minimum atomic E-state index is -0.0354. The van der Waals surface area contributed by atoms with Crippen LogP contribution in [-0.4, -0.2) is 19.9 Å². The van der Waals surface area contributed by atoms with Crippen LogP contribution in [0.3, 0.4) is 0 Å². The molecule has 0 radical (unpaired) electrons. The summed E-state index contributed by atoms with van der Waals surface area (Å²) in [5, 5.41) is 0. The molecular weight excluding hydrogens is 695 g/mol. The van der Waals surface area contributed by atoms with Crippen LogP contribution in [-0.2, 0) is 16.2 Å². The summed E-state index contributed by atoms with van der Waals surface area (Å²) in [6.45, 7) is 24.3. The molecule has 5 heteroatoms. The molecule has 0 aromatic heterocycles. The molecule has 0 amide bonds. The summed E-state index contributed by atoms with van der Waals surface area (Å²) in [4.78, 5) is 5.06. The molecule has 0 atom stereocenters. The van der Waals surface area contributed by atoms with Gasteiger partial charge in [0.15, 0.2) is 11.5 Å². The highest BCUT2D eigenvalue weighted by molar-refractivity contribution is 7.00. The van der Waals surface area contributed by atoms with Crippen LogP contribution < -0.4 is 35.7 Å². The van der Waals surface area contributed by atoms with E-state index in [4.69, 9.17) is 9.47 Å². The molecule has 0 N–H and O–H groups in total. The Morgan fingerprint density at radius 3 is 1.63 bits per heavy atom. The SMILES string of the molecule is Cc1cc2c3c(c1)N(c1ccc4c(c1-c1ccccc1)OCCCO4)c1ccc(C(C)(C)C)cc1B3c1cc(C(C)(C)C)ccc1N2c1ccc(C(C)(C)C)cc1. The number of hydrogen-bond acceptors (Lipinski definition) is 4. The molecule has 4 nitrogen and oxygen atoms in total. The van der Waals surface area contributed by atoms with Gasteiger partial charge in [-0.25, -0.2) is 0 Å². The predicted octanol–water partition coefficient (Wildman–Crippen LogP) is 11.8.